The van der Waals surface area contributed by atoms with E-state index in [2.05, 4.69) is 13.2 Å². The average Bonchev–Trinajstić information content (AvgIpc) is 2.90. The minimum Gasteiger partial charge on any atom is -0.502 e. The predicted molar refractivity (Wildman–Crippen MR) is 145 cm³/mol. The second-order valence-corrected chi connectivity index (χ2v) is 9.64. The molecule has 0 aromatic heterocycles. The van der Waals surface area contributed by atoms with Crippen LogP contribution in [-0.2, 0) is 35.1 Å². The number of hydrogen-bond donors (Lipinski definition) is 2. The molecule has 1 aliphatic rings. The van der Waals surface area contributed by atoms with E-state index in [4.69, 9.17) is 28.4 Å². The molecule has 2 rings (SSSR count). The van der Waals surface area contributed by atoms with Crippen LogP contribution in [-0.4, -0.2) is 68.9 Å². The highest BCUT2D eigenvalue weighted by atomic mass is 16.5. The second-order valence-electron chi connectivity index (χ2n) is 9.64. The van der Waals surface area contributed by atoms with Crippen molar-refractivity contribution >= 4 is 11.9 Å². The first-order valence-electron chi connectivity index (χ1n) is 12.0. The zero-order valence-corrected chi connectivity index (χ0v) is 24.0. The predicted octanol–water partition coefficient (Wildman–Crippen LogP) is 4.01. The van der Waals surface area contributed by atoms with Crippen molar-refractivity contribution < 1.29 is 48.2 Å². The summed E-state index contributed by atoms with van der Waals surface area (Å²) in [6, 6.07) is 3.15. The van der Waals surface area contributed by atoms with Gasteiger partial charge in [0.25, 0.3) is 0 Å². The first kappa shape index (κ1) is 33.3. The van der Waals surface area contributed by atoms with E-state index in [1.54, 1.807) is 31.2 Å². The van der Waals surface area contributed by atoms with Gasteiger partial charge in [0.05, 0.1) is 21.3 Å². The molecule has 2 N–H and O–H groups in total. The number of rotatable bonds is 10. The van der Waals surface area contributed by atoms with Crippen LogP contribution in [0.4, 0.5) is 0 Å². The number of aliphatic hydroxyl groups is 1. The highest BCUT2D eigenvalue weighted by Crippen LogP contribution is 2.44. The topological polar surface area (TPSA) is 130 Å². The number of aromatic hydroxyl groups is 1. The molecule has 0 radical (unpaired) electrons. The average molecular weight is 549 g/mol. The van der Waals surface area contributed by atoms with Crippen LogP contribution < -0.4 is 9.47 Å². The summed E-state index contributed by atoms with van der Waals surface area (Å²) in [7, 11) is 5.87. The van der Waals surface area contributed by atoms with Gasteiger partial charge in [-0.05, 0) is 42.3 Å². The van der Waals surface area contributed by atoms with Gasteiger partial charge in [0, 0.05) is 24.2 Å². The maximum atomic E-state index is 11.3. The SMILES string of the molecule is C=C(C)C(=O)OCc1cc(OC)c(O)c(OC)c1.C=CC(=O)OCC1=CC(OC)C(O)(C(C)(C)C)C(OC)=C1. The molecule has 10 nitrogen and oxygen atoms in total. The lowest BCUT2D eigenvalue weighted by Gasteiger charge is -2.46. The van der Waals surface area contributed by atoms with Crippen LogP contribution >= 0.6 is 0 Å². The molecule has 0 saturated heterocycles. The summed E-state index contributed by atoms with van der Waals surface area (Å²) in [5.41, 5.74) is -0.135. The van der Waals surface area contributed by atoms with Crippen molar-refractivity contribution in [1.82, 2.24) is 0 Å². The molecule has 0 heterocycles. The quantitative estimate of drug-likeness (QED) is 0.327. The van der Waals surface area contributed by atoms with E-state index >= 15 is 0 Å². The smallest absolute Gasteiger partial charge is 0.333 e. The van der Waals surface area contributed by atoms with Crippen molar-refractivity contribution in [3.8, 4) is 17.2 Å². The Balaban J connectivity index is 0.000000395. The Morgan fingerprint density at radius 2 is 1.59 bits per heavy atom. The fourth-order valence-corrected chi connectivity index (χ4v) is 3.64. The summed E-state index contributed by atoms with van der Waals surface area (Å²) in [4.78, 5) is 22.4. The van der Waals surface area contributed by atoms with Crippen LogP contribution in [0.1, 0.15) is 33.3 Å². The first-order valence-corrected chi connectivity index (χ1v) is 12.0. The number of ether oxygens (including phenoxy) is 6. The van der Waals surface area contributed by atoms with E-state index in [9.17, 15) is 19.8 Å². The van der Waals surface area contributed by atoms with Crippen molar-refractivity contribution in [3.05, 3.63) is 66.0 Å². The third kappa shape index (κ3) is 8.36. The minimum atomic E-state index is -1.30. The molecule has 0 amide bonds. The number of benzene rings is 1. The lowest BCUT2D eigenvalue weighted by atomic mass is 9.69. The van der Waals surface area contributed by atoms with Crippen LogP contribution in [0, 0.1) is 5.41 Å². The number of phenols is 1. The monoisotopic (exact) mass is 548 g/mol. The molecule has 39 heavy (non-hydrogen) atoms. The van der Waals surface area contributed by atoms with Crippen molar-refractivity contribution in [3.63, 3.8) is 0 Å². The van der Waals surface area contributed by atoms with Gasteiger partial charge in [0.2, 0.25) is 5.75 Å². The molecule has 0 fully saturated rings. The van der Waals surface area contributed by atoms with E-state index in [1.165, 1.54) is 28.4 Å². The molecular weight excluding hydrogens is 508 g/mol. The molecule has 2 atom stereocenters. The highest BCUT2D eigenvalue weighted by molar-refractivity contribution is 5.86. The van der Waals surface area contributed by atoms with Gasteiger partial charge in [-0.2, -0.15) is 0 Å². The number of esters is 2. The fourth-order valence-electron chi connectivity index (χ4n) is 3.64. The zero-order valence-electron chi connectivity index (χ0n) is 24.0. The van der Waals surface area contributed by atoms with Crippen molar-refractivity contribution in [2.24, 2.45) is 5.41 Å². The van der Waals surface area contributed by atoms with Gasteiger partial charge < -0.3 is 38.6 Å². The zero-order chi connectivity index (χ0) is 30.0. The molecular formula is C29H40O10. The summed E-state index contributed by atoms with van der Waals surface area (Å²) in [6.45, 7) is 14.2. The van der Waals surface area contributed by atoms with Crippen LogP contribution in [0.2, 0.25) is 0 Å². The van der Waals surface area contributed by atoms with Gasteiger partial charge in [-0.25, -0.2) is 9.59 Å². The molecule has 1 aliphatic carbocycles. The Morgan fingerprint density at radius 3 is 2.00 bits per heavy atom. The third-order valence-electron chi connectivity index (χ3n) is 5.89. The van der Waals surface area contributed by atoms with Crippen LogP contribution in [0.3, 0.4) is 0 Å². The molecule has 10 heteroatoms. The molecule has 0 spiro atoms. The van der Waals surface area contributed by atoms with Gasteiger partial charge in [0.1, 0.15) is 25.1 Å². The molecule has 0 aliphatic heterocycles. The van der Waals surface area contributed by atoms with E-state index in [1.807, 2.05) is 20.8 Å². The van der Waals surface area contributed by atoms with Gasteiger partial charge in [-0.3, -0.25) is 0 Å². The van der Waals surface area contributed by atoms with Crippen LogP contribution in [0.25, 0.3) is 0 Å². The number of carbonyl (C=O) groups excluding carboxylic acids is 2. The lowest BCUT2D eigenvalue weighted by Crippen LogP contribution is -2.55. The molecule has 2 unspecified atom stereocenters. The van der Waals surface area contributed by atoms with Gasteiger partial charge in [-0.1, -0.05) is 33.9 Å². The van der Waals surface area contributed by atoms with E-state index in [-0.39, 0.29) is 30.5 Å². The van der Waals surface area contributed by atoms with Crippen LogP contribution in [0.5, 0.6) is 17.2 Å². The minimum absolute atomic E-state index is 0.0543. The Kier molecular flexibility index (Phi) is 12.3. The number of carbonyl (C=O) groups is 2. The Bertz CT molecular complexity index is 1080. The summed E-state index contributed by atoms with van der Waals surface area (Å²) < 4.78 is 30.8. The largest absolute Gasteiger partial charge is 0.502 e. The Morgan fingerprint density at radius 1 is 1.03 bits per heavy atom. The Hall–Kier alpha value is -3.76. The maximum absolute atomic E-state index is 11.3. The molecule has 0 saturated carbocycles. The van der Waals surface area contributed by atoms with Crippen LogP contribution in [0.15, 0.2) is 60.4 Å². The fraction of sp³-hybridized carbons (Fsp3) is 0.448. The van der Waals surface area contributed by atoms with E-state index in [0.29, 0.717) is 22.5 Å². The first-order chi connectivity index (χ1) is 18.2. The normalized spacial score (nSPS) is 18.3. The number of methoxy groups -OCH3 is 4. The summed E-state index contributed by atoms with van der Waals surface area (Å²) in [5.74, 6) is -0.162. The van der Waals surface area contributed by atoms with Crippen molar-refractivity contribution in [1.29, 1.82) is 0 Å². The van der Waals surface area contributed by atoms with Gasteiger partial charge in [0.15, 0.2) is 17.1 Å². The number of phenolic OH excluding ortho intramolecular Hbond substituents is 1. The maximum Gasteiger partial charge on any atom is 0.333 e. The summed E-state index contributed by atoms with van der Waals surface area (Å²) in [5, 5.41) is 20.8. The van der Waals surface area contributed by atoms with E-state index in [0.717, 1.165) is 6.08 Å². The molecule has 216 valence electrons. The summed E-state index contributed by atoms with van der Waals surface area (Å²) >= 11 is 0. The highest BCUT2D eigenvalue weighted by Gasteiger charge is 2.52. The molecule has 0 bridgehead atoms. The second kappa shape index (κ2) is 14.4. The molecule has 1 aromatic carbocycles. The van der Waals surface area contributed by atoms with Gasteiger partial charge >= 0.3 is 11.9 Å². The Labute approximate surface area is 230 Å². The van der Waals surface area contributed by atoms with E-state index < -0.39 is 29.1 Å². The van der Waals surface area contributed by atoms with Gasteiger partial charge in [-0.15, -0.1) is 0 Å². The van der Waals surface area contributed by atoms with Crippen molar-refractivity contribution in [2.45, 2.75) is 46.0 Å². The molecule has 1 aromatic rings. The standard InChI is InChI=1S/C16H24O5.C13H16O5/c1-7-14(17)21-10-11-8-12(19-5)16(18,15(2,3)4)13(9-11)20-6;1-8(2)13(15)18-7-9-5-10(16-3)12(14)11(6-9)17-4/h7-9,12,18H,1,10H2,2-6H3;5-6,14H,1,7H2,2-4H3. The van der Waals surface area contributed by atoms with Crippen molar-refractivity contribution in [2.75, 3.05) is 35.0 Å². The summed E-state index contributed by atoms with van der Waals surface area (Å²) in [6.07, 6.45) is 3.92. The lowest BCUT2D eigenvalue weighted by molar-refractivity contribution is -0.140. The third-order valence-corrected chi connectivity index (χ3v) is 5.89. The number of hydrogen-bond acceptors (Lipinski definition) is 10.